The highest BCUT2D eigenvalue weighted by Crippen LogP contribution is 2.21. The summed E-state index contributed by atoms with van der Waals surface area (Å²) >= 11 is 0. The van der Waals surface area contributed by atoms with Crippen molar-refractivity contribution < 1.29 is 15.1 Å². The van der Waals surface area contributed by atoms with E-state index in [2.05, 4.69) is 15.0 Å². The van der Waals surface area contributed by atoms with E-state index in [0.29, 0.717) is 12.2 Å². The van der Waals surface area contributed by atoms with Crippen LogP contribution in [0.15, 0.2) is 17.3 Å². The zero-order chi connectivity index (χ0) is 15.2. The number of pyridine rings is 1. The molecule has 0 aromatic carbocycles. The van der Waals surface area contributed by atoms with Crippen molar-refractivity contribution in [3.05, 3.63) is 23.4 Å². The van der Waals surface area contributed by atoms with Crippen LogP contribution in [-0.4, -0.2) is 53.5 Å². The maximum Gasteiger partial charge on any atom is 0.170 e. The van der Waals surface area contributed by atoms with Gasteiger partial charge in [0.1, 0.15) is 5.82 Å². The van der Waals surface area contributed by atoms with Crippen molar-refractivity contribution in [2.45, 2.75) is 25.9 Å². The van der Waals surface area contributed by atoms with Crippen molar-refractivity contribution in [1.82, 2.24) is 4.98 Å². The summed E-state index contributed by atoms with van der Waals surface area (Å²) in [5.41, 5.74) is 7.14. The minimum Gasteiger partial charge on any atom is -0.409 e. The third-order valence-corrected chi connectivity index (χ3v) is 3.55. The van der Waals surface area contributed by atoms with Gasteiger partial charge in [-0.25, -0.2) is 4.98 Å². The Morgan fingerprint density at radius 2 is 2.19 bits per heavy atom. The van der Waals surface area contributed by atoms with Crippen LogP contribution in [0.5, 0.6) is 0 Å². The number of aliphatic hydroxyl groups excluding tert-OH is 1. The van der Waals surface area contributed by atoms with E-state index in [1.54, 1.807) is 6.07 Å². The first-order valence-electron chi connectivity index (χ1n) is 7.08. The Morgan fingerprint density at radius 1 is 1.48 bits per heavy atom. The molecule has 2 rings (SSSR count). The van der Waals surface area contributed by atoms with Gasteiger partial charge >= 0.3 is 0 Å². The van der Waals surface area contributed by atoms with Crippen LogP contribution >= 0.6 is 0 Å². The molecule has 1 fully saturated rings. The highest BCUT2D eigenvalue weighted by Gasteiger charge is 2.21. The Labute approximate surface area is 124 Å². The summed E-state index contributed by atoms with van der Waals surface area (Å²) in [6.07, 6.45) is 1.99. The molecule has 0 atom stereocenters. The van der Waals surface area contributed by atoms with E-state index in [-0.39, 0.29) is 18.5 Å². The molecule has 0 saturated carbocycles. The number of nitrogens with zero attached hydrogens (tertiary/aromatic N) is 3. The Kier molecular flexibility index (Phi) is 5.35. The number of piperidine rings is 1. The third-order valence-electron chi connectivity index (χ3n) is 3.55. The molecule has 0 amide bonds. The summed E-state index contributed by atoms with van der Waals surface area (Å²) in [5.74, 6) is 0.917. The number of rotatable bonds is 5. The van der Waals surface area contributed by atoms with Gasteiger partial charge in [0.15, 0.2) is 5.84 Å². The average molecular weight is 294 g/mol. The molecule has 1 aliphatic heterocycles. The minimum absolute atomic E-state index is 0.0583. The van der Waals surface area contributed by atoms with Gasteiger partial charge in [0.05, 0.1) is 19.3 Å². The van der Waals surface area contributed by atoms with Gasteiger partial charge < -0.3 is 25.7 Å². The number of oxime groups is 1. The number of aliphatic hydroxyl groups is 1. The monoisotopic (exact) mass is 294 g/mol. The molecule has 0 aliphatic carbocycles. The molecule has 1 saturated heterocycles. The summed E-state index contributed by atoms with van der Waals surface area (Å²) in [7, 11) is 0. The Hall–Kier alpha value is -1.86. The maximum absolute atomic E-state index is 8.79. The lowest BCUT2D eigenvalue weighted by molar-refractivity contribution is 0.0158. The zero-order valence-electron chi connectivity index (χ0n) is 12.2. The normalized spacial score (nSPS) is 17.2. The zero-order valence-corrected chi connectivity index (χ0v) is 12.2. The van der Waals surface area contributed by atoms with Crippen molar-refractivity contribution in [2.75, 3.05) is 31.2 Å². The smallest absolute Gasteiger partial charge is 0.170 e. The lowest BCUT2D eigenvalue weighted by Gasteiger charge is -2.33. The quantitative estimate of drug-likeness (QED) is 0.315. The fourth-order valence-electron chi connectivity index (χ4n) is 2.49. The molecule has 1 aromatic heterocycles. The van der Waals surface area contributed by atoms with Crippen LogP contribution in [0.4, 0.5) is 5.82 Å². The number of anilines is 1. The lowest BCUT2D eigenvalue weighted by Crippen LogP contribution is -2.38. The molecule has 116 valence electrons. The van der Waals surface area contributed by atoms with Crippen LogP contribution in [0.1, 0.15) is 24.1 Å². The molecule has 0 spiro atoms. The summed E-state index contributed by atoms with van der Waals surface area (Å²) < 4.78 is 5.55. The fraction of sp³-hybridized carbons (Fsp3) is 0.571. The average Bonchev–Trinajstić information content (AvgIpc) is 2.52. The molecular formula is C14H22N4O3. The van der Waals surface area contributed by atoms with Crippen molar-refractivity contribution >= 4 is 11.7 Å². The highest BCUT2D eigenvalue weighted by molar-refractivity contribution is 5.97. The van der Waals surface area contributed by atoms with Gasteiger partial charge in [-0.05, 0) is 31.9 Å². The summed E-state index contributed by atoms with van der Waals surface area (Å²) in [6.45, 7) is 4.00. The topological polar surface area (TPSA) is 104 Å². The third kappa shape index (κ3) is 4.05. The predicted molar refractivity (Wildman–Crippen MR) is 79.8 cm³/mol. The van der Waals surface area contributed by atoms with E-state index >= 15 is 0 Å². The Bertz CT molecular complexity index is 499. The van der Waals surface area contributed by atoms with Crippen LogP contribution in [0.25, 0.3) is 0 Å². The van der Waals surface area contributed by atoms with Crippen LogP contribution in [0, 0.1) is 6.92 Å². The van der Waals surface area contributed by atoms with Gasteiger partial charge in [0.2, 0.25) is 0 Å². The van der Waals surface area contributed by atoms with Crippen LogP contribution < -0.4 is 10.6 Å². The second kappa shape index (κ2) is 7.24. The van der Waals surface area contributed by atoms with E-state index in [0.717, 1.165) is 37.4 Å². The van der Waals surface area contributed by atoms with Crippen LogP contribution in [0.2, 0.25) is 0 Å². The first-order chi connectivity index (χ1) is 10.1. The molecule has 2 heterocycles. The minimum atomic E-state index is 0.0583. The van der Waals surface area contributed by atoms with E-state index in [1.807, 2.05) is 13.0 Å². The number of hydrogen-bond donors (Lipinski definition) is 3. The Morgan fingerprint density at radius 3 is 2.81 bits per heavy atom. The molecule has 7 nitrogen and oxygen atoms in total. The lowest BCUT2D eigenvalue weighted by atomic mass is 10.1. The highest BCUT2D eigenvalue weighted by atomic mass is 16.5. The van der Waals surface area contributed by atoms with Gasteiger partial charge in [0.25, 0.3) is 0 Å². The molecule has 1 aliphatic rings. The molecule has 0 radical (unpaired) electrons. The second-order valence-electron chi connectivity index (χ2n) is 5.12. The van der Waals surface area contributed by atoms with Crippen molar-refractivity contribution in [3.63, 3.8) is 0 Å². The number of aryl methyl sites for hydroxylation is 1. The van der Waals surface area contributed by atoms with E-state index in [1.165, 1.54) is 0 Å². The molecule has 0 unspecified atom stereocenters. The van der Waals surface area contributed by atoms with Crippen molar-refractivity contribution in [1.29, 1.82) is 0 Å². The van der Waals surface area contributed by atoms with Gasteiger partial charge in [-0.2, -0.15) is 0 Å². The van der Waals surface area contributed by atoms with Gasteiger partial charge in [-0.15, -0.1) is 0 Å². The molecule has 7 heteroatoms. The SMILES string of the molecule is Cc1cc(/C(N)=N/O)cc(N2CCC(OCCO)CC2)n1. The number of amidine groups is 1. The molecule has 4 N–H and O–H groups in total. The van der Waals surface area contributed by atoms with Crippen molar-refractivity contribution in [2.24, 2.45) is 10.9 Å². The number of hydrogen-bond acceptors (Lipinski definition) is 6. The Balaban J connectivity index is 2.04. The molecule has 1 aromatic rings. The van der Waals surface area contributed by atoms with Gasteiger partial charge in [0, 0.05) is 24.3 Å². The number of aromatic nitrogens is 1. The number of nitrogens with two attached hydrogens (primary N) is 1. The fourth-order valence-corrected chi connectivity index (χ4v) is 2.49. The largest absolute Gasteiger partial charge is 0.409 e. The second-order valence-corrected chi connectivity index (χ2v) is 5.12. The standard InChI is InChI=1S/C14H22N4O3/c1-10-8-11(14(15)17-20)9-13(16-10)18-4-2-12(3-5-18)21-7-6-19/h8-9,12,19-20H,2-7H2,1H3,(H2,15,17). The van der Waals surface area contributed by atoms with Crippen LogP contribution in [-0.2, 0) is 4.74 Å². The van der Waals surface area contributed by atoms with Gasteiger partial charge in [-0.3, -0.25) is 0 Å². The molecule has 21 heavy (non-hydrogen) atoms. The molecule has 0 bridgehead atoms. The summed E-state index contributed by atoms with van der Waals surface area (Å²) in [4.78, 5) is 6.68. The number of ether oxygens (including phenoxy) is 1. The molecular weight excluding hydrogens is 272 g/mol. The predicted octanol–water partition coefficient (Wildman–Crippen LogP) is 0.462. The van der Waals surface area contributed by atoms with E-state index < -0.39 is 0 Å². The van der Waals surface area contributed by atoms with Crippen molar-refractivity contribution in [3.8, 4) is 0 Å². The van der Waals surface area contributed by atoms with E-state index in [9.17, 15) is 0 Å². The summed E-state index contributed by atoms with van der Waals surface area (Å²) in [6, 6.07) is 3.62. The first-order valence-corrected chi connectivity index (χ1v) is 7.08. The van der Waals surface area contributed by atoms with Gasteiger partial charge in [-0.1, -0.05) is 5.16 Å². The summed E-state index contributed by atoms with van der Waals surface area (Å²) in [5, 5.41) is 20.6. The first kappa shape index (κ1) is 15.5. The maximum atomic E-state index is 8.79. The van der Waals surface area contributed by atoms with Crippen LogP contribution in [0.3, 0.4) is 0 Å². The van der Waals surface area contributed by atoms with E-state index in [4.69, 9.17) is 20.8 Å².